The van der Waals surface area contributed by atoms with Crippen molar-refractivity contribution in [3.8, 4) is 56.4 Å². The maximum absolute atomic E-state index is 9.26. The average molecular weight is 613 g/mol. The molecule has 0 atom stereocenters. The van der Waals surface area contributed by atoms with E-state index in [1.807, 2.05) is 72.8 Å². The zero-order valence-electron chi connectivity index (χ0n) is 35.5. The Morgan fingerprint density at radius 3 is 2.06 bits per heavy atom. The van der Waals surface area contributed by atoms with Gasteiger partial charge in [-0.25, -0.2) is 15.0 Å². The topological polar surface area (TPSA) is 51.8 Å². The van der Waals surface area contributed by atoms with Crippen molar-refractivity contribution < 1.29 is 19.5 Å². The van der Waals surface area contributed by atoms with Crippen LogP contribution in [0.2, 0.25) is 0 Å². The van der Waals surface area contributed by atoms with E-state index in [9.17, 15) is 2.74 Å². The maximum atomic E-state index is 9.26. The summed E-state index contributed by atoms with van der Waals surface area (Å²) in [7, 11) is 0. The van der Waals surface area contributed by atoms with E-state index in [1.165, 1.54) is 0 Å². The molecule has 0 saturated heterocycles. The minimum Gasteiger partial charge on any atom is -0.456 e. The van der Waals surface area contributed by atoms with E-state index >= 15 is 0 Å². The monoisotopic (exact) mass is 612 g/mol. The van der Waals surface area contributed by atoms with Crippen LogP contribution in [0.3, 0.4) is 0 Å². The molecule has 0 fully saturated rings. The minimum absolute atomic E-state index is 0.149. The molecule has 220 valence electrons. The molecule has 0 amide bonds. The molecular formula is C43H27N3O. The Hall–Kier alpha value is -6.39. The van der Waals surface area contributed by atoms with Crippen LogP contribution in [0.5, 0.6) is 0 Å². The van der Waals surface area contributed by atoms with Gasteiger partial charge < -0.3 is 4.42 Å². The number of furan rings is 1. The third-order valence-corrected chi connectivity index (χ3v) is 7.91. The fourth-order valence-corrected chi connectivity index (χ4v) is 5.75. The number of aromatic nitrogens is 3. The number of hydrogen-bond donors (Lipinski definition) is 0. The van der Waals surface area contributed by atoms with Crippen LogP contribution in [0.25, 0.3) is 89.1 Å². The highest BCUT2D eigenvalue weighted by Gasteiger charge is 2.17. The molecule has 0 spiro atoms. The summed E-state index contributed by atoms with van der Waals surface area (Å²) >= 11 is 0. The number of para-hydroxylation sites is 1. The molecule has 2 aromatic heterocycles. The van der Waals surface area contributed by atoms with E-state index in [2.05, 4.69) is 0 Å². The molecule has 0 aliphatic heterocycles. The van der Waals surface area contributed by atoms with Gasteiger partial charge in [0.15, 0.2) is 17.5 Å². The van der Waals surface area contributed by atoms with Crippen molar-refractivity contribution in [3.63, 3.8) is 0 Å². The predicted molar refractivity (Wildman–Crippen MR) is 192 cm³/mol. The van der Waals surface area contributed by atoms with Crippen molar-refractivity contribution in [2.75, 3.05) is 0 Å². The average Bonchev–Trinajstić information content (AvgIpc) is 3.63. The Bertz CT molecular complexity index is 3180. The molecule has 0 unspecified atom stereocenters. The van der Waals surface area contributed by atoms with Crippen LogP contribution < -0.4 is 0 Å². The second kappa shape index (κ2) is 11.2. The smallest absolute Gasteiger partial charge is 0.164 e. The van der Waals surface area contributed by atoms with Crippen molar-refractivity contribution in [2.24, 2.45) is 0 Å². The van der Waals surface area contributed by atoms with E-state index in [0.717, 1.165) is 33.1 Å². The van der Waals surface area contributed by atoms with E-state index in [4.69, 9.17) is 31.7 Å². The van der Waals surface area contributed by atoms with Gasteiger partial charge in [-0.1, -0.05) is 139 Å². The van der Waals surface area contributed by atoms with Crippen molar-refractivity contribution in [3.05, 3.63) is 164 Å². The van der Waals surface area contributed by atoms with Gasteiger partial charge >= 0.3 is 0 Å². The first-order valence-corrected chi connectivity index (χ1v) is 14.8. The first-order chi connectivity index (χ1) is 27.9. The fraction of sp³-hybridized carbons (Fsp3) is 0. The van der Waals surface area contributed by atoms with Gasteiger partial charge in [0.1, 0.15) is 11.2 Å². The lowest BCUT2D eigenvalue weighted by atomic mass is 9.97. The number of nitrogens with zero attached hydrogens (tertiary/aromatic N) is 3. The lowest BCUT2D eigenvalue weighted by Crippen LogP contribution is -2.00. The summed E-state index contributed by atoms with van der Waals surface area (Å²) in [6, 6.07) is 23.1. The van der Waals surface area contributed by atoms with E-state index < -0.39 is 77.6 Å². The predicted octanol–water partition coefficient (Wildman–Crippen LogP) is 11.3. The Morgan fingerprint density at radius 1 is 0.447 bits per heavy atom. The summed E-state index contributed by atoms with van der Waals surface area (Å²) < 4.78 is 102. The van der Waals surface area contributed by atoms with Crippen molar-refractivity contribution >= 4 is 32.7 Å². The molecule has 0 bridgehead atoms. The third kappa shape index (κ3) is 4.84. The molecule has 4 heteroatoms. The van der Waals surface area contributed by atoms with Crippen LogP contribution in [0.4, 0.5) is 0 Å². The van der Waals surface area contributed by atoms with E-state index in [0.29, 0.717) is 11.1 Å². The third-order valence-electron chi connectivity index (χ3n) is 7.91. The van der Waals surface area contributed by atoms with Gasteiger partial charge in [0.2, 0.25) is 0 Å². The van der Waals surface area contributed by atoms with Crippen LogP contribution >= 0.6 is 0 Å². The maximum Gasteiger partial charge on any atom is 0.164 e. The standard InChI is InChI=1S/C43H27N3O/c1-3-12-28(13-4-1)30-24-25-34-31(26-30)17-10-21-36(34)43-45-41(29-14-5-2-6-15-29)44-42(46-43)33-18-9-16-32(27-33)35-20-11-23-39-40(35)37-19-7-8-22-38(37)47-39/h1-27H/i1D,3D,4D,10D,12D,13D,17D,21D,24D,25D,26D. The van der Waals surface area contributed by atoms with Gasteiger partial charge in [0.05, 0.1) is 15.1 Å². The van der Waals surface area contributed by atoms with Crippen molar-refractivity contribution in [2.45, 2.75) is 0 Å². The van der Waals surface area contributed by atoms with Crippen LogP contribution in [0.1, 0.15) is 15.1 Å². The molecule has 7 aromatic carbocycles. The summed E-state index contributed by atoms with van der Waals surface area (Å²) in [4.78, 5) is 14.4. The second-order valence-electron chi connectivity index (χ2n) is 10.8. The summed E-state index contributed by atoms with van der Waals surface area (Å²) in [5, 5.41) is 1.32. The van der Waals surface area contributed by atoms with Gasteiger partial charge in [-0.3, -0.25) is 0 Å². The number of hydrogen-bond acceptors (Lipinski definition) is 4. The Labute approximate surface area is 287 Å². The van der Waals surface area contributed by atoms with Gasteiger partial charge in [-0.05, 0) is 57.3 Å². The molecule has 0 aliphatic rings. The normalized spacial score (nSPS) is 14.7. The van der Waals surface area contributed by atoms with E-state index in [1.54, 1.807) is 24.3 Å². The molecule has 0 radical (unpaired) electrons. The Kier molecular flexibility index (Phi) is 4.27. The zero-order chi connectivity index (χ0) is 40.7. The molecule has 0 N–H and O–H groups in total. The first-order valence-electron chi connectivity index (χ1n) is 20.3. The Morgan fingerprint density at radius 2 is 1.17 bits per heavy atom. The molecule has 2 heterocycles. The molecule has 9 rings (SSSR count). The van der Waals surface area contributed by atoms with Crippen LogP contribution in [0.15, 0.2) is 168 Å². The quantitative estimate of drug-likeness (QED) is 0.194. The highest BCUT2D eigenvalue weighted by atomic mass is 16.3. The molecule has 0 saturated carbocycles. The summed E-state index contributed by atoms with van der Waals surface area (Å²) in [6.07, 6.45) is 0. The van der Waals surface area contributed by atoms with Crippen LogP contribution in [-0.2, 0) is 0 Å². The Balaban J connectivity index is 1.32. The highest BCUT2D eigenvalue weighted by Crippen LogP contribution is 2.38. The van der Waals surface area contributed by atoms with Gasteiger partial charge in [-0.15, -0.1) is 0 Å². The lowest BCUT2D eigenvalue weighted by molar-refractivity contribution is 0.669. The van der Waals surface area contributed by atoms with Crippen molar-refractivity contribution in [1.29, 1.82) is 0 Å². The SMILES string of the molecule is [2H]c1c([2H])c([2H])c(-c2c([2H])c([2H])c3c(-c4nc(-c5ccccc5)nc(-c5cccc(-c6cccc7oc8ccccc8c67)c5)n4)c([2H])c([2H])c([2H])c3c2[2H])c([2H])c1[2H]. The molecule has 4 nitrogen and oxygen atoms in total. The zero-order valence-corrected chi connectivity index (χ0v) is 24.5. The van der Waals surface area contributed by atoms with Gasteiger partial charge in [0, 0.05) is 27.5 Å². The summed E-state index contributed by atoms with van der Waals surface area (Å²) in [5.74, 6) is 0.231. The second-order valence-corrected chi connectivity index (χ2v) is 10.8. The first kappa shape index (κ1) is 17.9. The van der Waals surface area contributed by atoms with Crippen molar-refractivity contribution in [1.82, 2.24) is 15.0 Å². The highest BCUT2D eigenvalue weighted by molar-refractivity contribution is 6.12. The lowest BCUT2D eigenvalue weighted by Gasteiger charge is -2.12. The minimum atomic E-state index is -0.694. The van der Waals surface area contributed by atoms with Gasteiger partial charge in [-0.2, -0.15) is 0 Å². The molecule has 47 heavy (non-hydrogen) atoms. The van der Waals surface area contributed by atoms with Crippen LogP contribution in [0, 0.1) is 0 Å². The molecule has 9 aromatic rings. The number of fused-ring (bicyclic) bond motifs is 4. The van der Waals surface area contributed by atoms with E-state index in [-0.39, 0.29) is 33.8 Å². The largest absolute Gasteiger partial charge is 0.456 e. The number of rotatable bonds is 5. The number of benzene rings is 7. The molecular weight excluding hydrogens is 574 g/mol. The fourth-order valence-electron chi connectivity index (χ4n) is 5.75. The van der Waals surface area contributed by atoms with Crippen LogP contribution in [-0.4, -0.2) is 15.0 Å². The summed E-state index contributed by atoms with van der Waals surface area (Å²) in [6.45, 7) is 0. The van der Waals surface area contributed by atoms with Gasteiger partial charge in [0.25, 0.3) is 0 Å². The molecule has 0 aliphatic carbocycles. The summed E-state index contributed by atoms with van der Waals surface area (Å²) in [5.41, 5.74) is 3.24.